The largest absolute Gasteiger partial charge is 0.481 e. The van der Waals surface area contributed by atoms with Gasteiger partial charge in [-0.1, -0.05) is 0 Å². The van der Waals surface area contributed by atoms with Crippen molar-refractivity contribution in [3.63, 3.8) is 0 Å². The first-order chi connectivity index (χ1) is 7.66. The van der Waals surface area contributed by atoms with Gasteiger partial charge in [-0.2, -0.15) is 0 Å². The van der Waals surface area contributed by atoms with Crippen LogP contribution in [0.4, 0.5) is 0 Å². The van der Waals surface area contributed by atoms with Crippen LogP contribution in [-0.4, -0.2) is 40.0 Å². The van der Waals surface area contributed by atoms with Crippen LogP contribution in [0.15, 0.2) is 17.0 Å². The zero-order chi connectivity index (χ0) is 11.5. The molecule has 0 bridgehead atoms. The Morgan fingerprint density at radius 1 is 1.69 bits per heavy atom. The minimum Gasteiger partial charge on any atom is -0.481 e. The monoisotopic (exact) mass is 224 g/mol. The number of hydrogen-bond acceptors (Lipinski definition) is 4. The van der Waals surface area contributed by atoms with Crippen LogP contribution >= 0.6 is 0 Å². The summed E-state index contributed by atoms with van der Waals surface area (Å²) in [6.07, 6.45) is 3.60. The Hall–Kier alpha value is -1.85. The molecule has 0 aromatic carbocycles. The van der Waals surface area contributed by atoms with E-state index in [9.17, 15) is 9.59 Å². The lowest BCUT2D eigenvalue weighted by Gasteiger charge is -2.14. The van der Waals surface area contributed by atoms with Crippen molar-refractivity contribution in [3.8, 4) is 0 Å². The van der Waals surface area contributed by atoms with Gasteiger partial charge in [-0.05, 0) is 0 Å². The van der Waals surface area contributed by atoms with Crippen LogP contribution in [0.5, 0.6) is 0 Å². The molecule has 6 heteroatoms. The molecule has 1 aliphatic heterocycles. The van der Waals surface area contributed by atoms with Gasteiger partial charge in [0.05, 0.1) is 12.1 Å². The summed E-state index contributed by atoms with van der Waals surface area (Å²) < 4.78 is 5.04. The Morgan fingerprint density at radius 3 is 3.06 bits per heavy atom. The second-order valence-corrected chi connectivity index (χ2v) is 3.80. The highest BCUT2D eigenvalue weighted by molar-refractivity contribution is 5.86. The zero-order valence-corrected chi connectivity index (χ0v) is 8.63. The molecule has 0 saturated carbocycles. The summed E-state index contributed by atoms with van der Waals surface area (Å²) in [6.45, 7) is 0.778. The number of likely N-dealkylation sites (tertiary alicyclic amines) is 1. The number of aliphatic carboxylic acids is 1. The highest BCUT2D eigenvalue weighted by Gasteiger charge is 2.33. The fourth-order valence-corrected chi connectivity index (χ4v) is 1.76. The van der Waals surface area contributed by atoms with Crippen LogP contribution in [0.25, 0.3) is 0 Å². The first-order valence-electron chi connectivity index (χ1n) is 5.05. The maximum atomic E-state index is 11.5. The van der Waals surface area contributed by atoms with Crippen molar-refractivity contribution in [3.05, 3.63) is 18.4 Å². The van der Waals surface area contributed by atoms with Crippen molar-refractivity contribution in [2.75, 3.05) is 13.1 Å². The maximum absolute atomic E-state index is 11.5. The molecular weight excluding hydrogens is 212 g/mol. The third-order valence-electron chi connectivity index (χ3n) is 2.68. The first-order valence-corrected chi connectivity index (χ1v) is 5.05. The smallest absolute Gasteiger partial charge is 0.308 e. The zero-order valence-electron chi connectivity index (χ0n) is 8.63. The van der Waals surface area contributed by atoms with E-state index in [0.717, 1.165) is 0 Å². The molecule has 1 aromatic heterocycles. The predicted octanol–water partition coefficient (Wildman–Crippen LogP) is 0.150. The van der Waals surface area contributed by atoms with Crippen LogP contribution in [0, 0.1) is 5.92 Å². The Morgan fingerprint density at radius 2 is 2.50 bits per heavy atom. The number of carbonyl (C=O) groups is 2. The Labute approximate surface area is 91.9 Å². The lowest BCUT2D eigenvalue weighted by Crippen LogP contribution is -2.28. The topological polar surface area (TPSA) is 83.6 Å². The van der Waals surface area contributed by atoms with Gasteiger partial charge in [-0.3, -0.25) is 9.59 Å². The molecule has 2 rings (SSSR count). The molecule has 0 spiro atoms. The van der Waals surface area contributed by atoms with Crippen molar-refractivity contribution in [2.45, 2.75) is 12.8 Å². The van der Waals surface area contributed by atoms with Crippen molar-refractivity contribution < 1.29 is 19.1 Å². The second-order valence-electron chi connectivity index (χ2n) is 3.80. The van der Waals surface area contributed by atoms with Gasteiger partial charge in [0.25, 0.3) is 0 Å². The lowest BCUT2D eigenvalue weighted by molar-refractivity contribution is -0.141. The van der Waals surface area contributed by atoms with E-state index >= 15 is 0 Å². The molecule has 2 heterocycles. The number of hydrogen-bond donors (Lipinski definition) is 1. The summed E-state index contributed by atoms with van der Waals surface area (Å²) in [5, 5.41) is 8.79. The van der Waals surface area contributed by atoms with E-state index in [1.165, 1.54) is 6.39 Å². The van der Waals surface area contributed by atoms with Gasteiger partial charge in [0, 0.05) is 25.9 Å². The van der Waals surface area contributed by atoms with Gasteiger partial charge in [-0.25, -0.2) is 4.98 Å². The van der Waals surface area contributed by atoms with Gasteiger partial charge < -0.3 is 14.4 Å². The van der Waals surface area contributed by atoms with Crippen LogP contribution in [-0.2, 0) is 16.0 Å². The van der Waals surface area contributed by atoms with Gasteiger partial charge >= 0.3 is 5.97 Å². The molecular formula is C10H12N2O4. The highest BCUT2D eigenvalue weighted by Crippen LogP contribution is 2.18. The maximum Gasteiger partial charge on any atom is 0.308 e. The van der Waals surface area contributed by atoms with Crippen LogP contribution in [0.2, 0.25) is 0 Å². The minimum atomic E-state index is -0.907. The molecule has 1 aromatic rings. The standard InChI is InChI=1S/C10H12N2O4/c13-9-3-7(10(14)15)5-12(9)2-1-8-4-11-6-16-8/h4,6-7H,1-3,5H2,(H,14,15). The van der Waals surface area contributed by atoms with E-state index < -0.39 is 11.9 Å². The van der Waals surface area contributed by atoms with E-state index in [1.54, 1.807) is 11.1 Å². The highest BCUT2D eigenvalue weighted by atomic mass is 16.4. The molecule has 1 saturated heterocycles. The van der Waals surface area contributed by atoms with Crippen LogP contribution in [0.1, 0.15) is 12.2 Å². The molecule has 1 atom stereocenters. The van der Waals surface area contributed by atoms with Gasteiger partial charge in [0.2, 0.25) is 5.91 Å². The number of nitrogens with zero attached hydrogens (tertiary/aromatic N) is 2. The molecule has 1 aliphatic rings. The van der Waals surface area contributed by atoms with E-state index in [-0.39, 0.29) is 12.3 Å². The van der Waals surface area contributed by atoms with Gasteiger partial charge in [0.15, 0.2) is 6.39 Å². The average Bonchev–Trinajstić information content (AvgIpc) is 2.84. The molecule has 6 nitrogen and oxygen atoms in total. The quantitative estimate of drug-likeness (QED) is 0.787. The van der Waals surface area contributed by atoms with Gasteiger partial charge in [-0.15, -0.1) is 0 Å². The third kappa shape index (κ3) is 2.21. The van der Waals surface area contributed by atoms with Crippen molar-refractivity contribution in [1.82, 2.24) is 9.88 Å². The predicted molar refractivity (Wildman–Crippen MR) is 52.5 cm³/mol. The molecule has 0 radical (unpaired) electrons. The molecule has 1 amide bonds. The summed E-state index contributed by atoms with van der Waals surface area (Å²) in [7, 11) is 0. The van der Waals surface area contributed by atoms with E-state index in [0.29, 0.717) is 25.3 Å². The number of carbonyl (C=O) groups excluding carboxylic acids is 1. The fraction of sp³-hybridized carbons (Fsp3) is 0.500. The van der Waals surface area contributed by atoms with E-state index in [2.05, 4.69) is 4.98 Å². The number of amides is 1. The number of rotatable bonds is 4. The lowest BCUT2D eigenvalue weighted by atomic mass is 10.1. The first kappa shape index (κ1) is 10.7. The molecule has 1 fully saturated rings. The van der Waals surface area contributed by atoms with Crippen LogP contribution in [0.3, 0.4) is 0 Å². The molecule has 0 aliphatic carbocycles. The Bertz CT molecular complexity index is 388. The summed E-state index contributed by atoms with van der Waals surface area (Å²) >= 11 is 0. The summed E-state index contributed by atoms with van der Waals surface area (Å²) in [4.78, 5) is 27.5. The van der Waals surface area contributed by atoms with Crippen molar-refractivity contribution in [1.29, 1.82) is 0 Å². The molecule has 1 unspecified atom stereocenters. The number of oxazole rings is 1. The second kappa shape index (κ2) is 4.34. The van der Waals surface area contributed by atoms with E-state index in [4.69, 9.17) is 9.52 Å². The van der Waals surface area contributed by atoms with Crippen molar-refractivity contribution >= 4 is 11.9 Å². The van der Waals surface area contributed by atoms with Gasteiger partial charge in [0.1, 0.15) is 5.76 Å². The number of carboxylic acids is 1. The average molecular weight is 224 g/mol. The summed E-state index contributed by atoms with van der Waals surface area (Å²) in [6, 6.07) is 0. The van der Waals surface area contributed by atoms with Crippen molar-refractivity contribution in [2.24, 2.45) is 5.92 Å². The summed E-state index contributed by atoms with van der Waals surface area (Å²) in [5.41, 5.74) is 0. The Kier molecular flexibility index (Phi) is 2.89. The normalized spacial score (nSPS) is 20.4. The number of carboxylic acid groups (broad SMARTS) is 1. The minimum absolute atomic E-state index is 0.103. The fourth-order valence-electron chi connectivity index (χ4n) is 1.76. The summed E-state index contributed by atoms with van der Waals surface area (Å²) in [5.74, 6) is -0.878. The molecule has 16 heavy (non-hydrogen) atoms. The SMILES string of the molecule is O=C(O)C1CC(=O)N(CCc2cnco2)C1. The number of aromatic nitrogens is 1. The third-order valence-corrected chi connectivity index (χ3v) is 2.68. The van der Waals surface area contributed by atoms with E-state index in [1.807, 2.05) is 0 Å². The Balaban J connectivity index is 1.87. The molecule has 86 valence electrons. The van der Waals surface area contributed by atoms with Crippen LogP contribution < -0.4 is 0 Å². The molecule has 1 N–H and O–H groups in total.